The maximum Gasteiger partial charge on any atom is 0.339 e. The van der Waals surface area contributed by atoms with E-state index in [-0.39, 0.29) is 21.0 Å². The van der Waals surface area contributed by atoms with Crippen LogP contribution >= 0.6 is 11.3 Å². The highest BCUT2D eigenvalue weighted by atomic mass is 32.1. The summed E-state index contributed by atoms with van der Waals surface area (Å²) in [4.78, 5) is 35.6. The number of carboxylic acids is 1. The number of rotatable bonds is 6. The van der Waals surface area contributed by atoms with Crippen LogP contribution in [0.25, 0.3) is 0 Å². The number of carboxylic acid groups (broad SMARTS) is 1. The molecule has 0 saturated carbocycles. The number of anilines is 1. The predicted octanol–water partition coefficient (Wildman–Crippen LogP) is 3.13. The summed E-state index contributed by atoms with van der Waals surface area (Å²) in [6.07, 6.45) is 0.437. The molecule has 0 aliphatic rings. The summed E-state index contributed by atoms with van der Waals surface area (Å²) in [7, 11) is 0. The summed E-state index contributed by atoms with van der Waals surface area (Å²) in [5.74, 6) is -3.44. The lowest BCUT2D eigenvalue weighted by atomic mass is 9.95. The third kappa shape index (κ3) is 3.85. The van der Waals surface area contributed by atoms with Crippen LogP contribution in [-0.2, 0) is 4.79 Å². The van der Waals surface area contributed by atoms with E-state index in [1.165, 1.54) is 31.2 Å². The molecule has 0 fully saturated rings. The fraction of sp³-hybridized carbons (Fsp3) is 0.235. The fourth-order valence-corrected chi connectivity index (χ4v) is 3.61. The number of aromatic carboxylic acids is 1. The number of primary amides is 1. The van der Waals surface area contributed by atoms with E-state index >= 15 is 0 Å². The van der Waals surface area contributed by atoms with Gasteiger partial charge in [-0.1, -0.05) is 19.1 Å². The van der Waals surface area contributed by atoms with E-state index in [1.54, 1.807) is 6.92 Å². The second-order valence-electron chi connectivity index (χ2n) is 5.43. The Kier molecular flexibility index (Phi) is 5.53. The first-order valence-corrected chi connectivity index (χ1v) is 8.30. The maximum absolute atomic E-state index is 13.1. The lowest BCUT2D eigenvalue weighted by Crippen LogP contribution is -2.21. The number of nitrogens with two attached hydrogens (primary N) is 1. The Balaban J connectivity index is 2.35. The number of hydrogen-bond acceptors (Lipinski definition) is 4. The van der Waals surface area contributed by atoms with Gasteiger partial charge in [-0.05, 0) is 36.6 Å². The lowest BCUT2D eigenvalue weighted by Gasteiger charge is -2.15. The Hall–Kier alpha value is -2.74. The first-order chi connectivity index (χ1) is 11.8. The van der Waals surface area contributed by atoms with Crippen molar-refractivity contribution in [3.05, 3.63) is 51.7 Å². The standard InChI is InChI=1S/C17H17FN2O4S/c1-3-11(9-4-6-10(18)7-5-9)15(22)20-16-12(17(23)24)8(2)13(25-16)14(19)21/h4-7,11H,3H2,1-2H3,(H2,19,21)(H,20,22)(H,23,24). The molecule has 2 aromatic rings. The molecule has 0 saturated heterocycles. The summed E-state index contributed by atoms with van der Waals surface area (Å²) >= 11 is 0.829. The molecule has 1 aromatic carbocycles. The van der Waals surface area contributed by atoms with Gasteiger partial charge in [0.1, 0.15) is 10.8 Å². The second kappa shape index (κ2) is 7.43. The molecule has 1 heterocycles. The Morgan fingerprint density at radius 3 is 2.36 bits per heavy atom. The van der Waals surface area contributed by atoms with Crippen molar-refractivity contribution >= 4 is 34.1 Å². The highest BCUT2D eigenvalue weighted by molar-refractivity contribution is 7.18. The molecule has 25 heavy (non-hydrogen) atoms. The van der Waals surface area contributed by atoms with E-state index in [4.69, 9.17) is 5.73 Å². The van der Waals surface area contributed by atoms with Crippen LogP contribution in [0.5, 0.6) is 0 Å². The minimum atomic E-state index is -1.26. The number of carbonyl (C=O) groups excluding carboxylic acids is 2. The number of amides is 2. The SMILES string of the molecule is CCC(C(=O)Nc1sc(C(N)=O)c(C)c1C(=O)O)c1ccc(F)cc1. The number of carbonyl (C=O) groups is 3. The van der Waals surface area contributed by atoms with Gasteiger partial charge in [0.05, 0.1) is 16.4 Å². The van der Waals surface area contributed by atoms with Crippen LogP contribution in [0.2, 0.25) is 0 Å². The van der Waals surface area contributed by atoms with E-state index in [0.29, 0.717) is 12.0 Å². The summed E-state index contributed by atoms with van der Waals surface area (Å²) < 4.78 is 13.1. The fourth-order valence-electron chi connectivity index (χ4n) is 2.56. The molecule has 8 heteroatoms. The van der Waals surface area contributed by atoms with E-state index in [0.717, 1.165) is 11.3 Å². The van der Waals surface area contributed by atoms with Crippen LogP contribution < -0.4 is 11.1 Å². The molecule has 0 aliphatic heterocycles. The van der Waals surface area contributed by atoms with Gasteiger partial charge >= 0.3 is 5.97 Å². The largest absolute Gasteiger partial charge is 0.478 e. The molecule has 0 spiro atoms. The average Bonchev–Trinajstić information content (AvgIpc) is 2.86. The van der Waals surface area contributed by atoms with E-state index in [2.05, 4.69) is 5.32 Å². The van der Waals surface area contributed by atoms with E-state index < -0.39 is 29.5 Å². The Morgan fingerprint density at radius 2 is 1.88 bits per heavy atom. The van der Waals surface area contributed by atoms with Crippen molar-refractivity contribution in [2.45, 2.75) is 26.2 Å². The van der Waals surface area contributed by atoms with E-state index in [9.17, 15) is 23.9 Å². The van der Waals surface area contributed by atoms with Crippen molar-refractivity contribution in [3.8, 4) is 0 Å². The van der Waals surface area contributed by atoms with Crippen LogP contribution in [-0.4, -0.2) is 22.9 Å². The highest BCUT2D eigenvalue weighted by Crippen LogP contribution is 2.34. The minimum absolute atomic E-state index is 0.0596. The molecule has 0 bridgehead atoms. The Morgan fingerprint density at radius 1 is 1.28 bits per heavy atom. The molecule has 2 rings (SSSR count). The third-order valence-corrected chi connectivity index (χ3v) is 5.04. The van der Waals surface area contributed by atoms with Gasteiger partial charge in [-0.3, -0.25) is 9.59 Å². The number of hydrogen-bond donors (Lipinski definition) is 3. The van der Waals surface area contributed by atoms with E-state index in [1.807, 2.05) is 0 Å². The van der Waals surface area contributed by atoms with Crippen molar-refractivity contribution < 1.29 is 23.9 Å². The highest BCUT2D eigenvalue weighted by Gasteiger charge is 2.26. The molecule has 0 aliphatic carbocycles. The summed E-state index contributed by atoms with van der Waals surface area (Å²) in [6, 6.07) is 5.54. The van der Waals surface area contributed by atoms with Crippen LogP contribution in [0.3, 0.4) is 0 Å². The maximum atomic E-state index is 13.1. The van der Waals surface area contributed by atoms with Crippen molar-refractivity contribution in [1.82, 2.24) is 0 Å². The van der Waals surface area contributed by atoms with Crippen molar-refractivity contribution in [2.24, 2.45) is 5.73 Å². The van der Waals surface area contributed by atoms with Crippen LogP contribution in [0.1, 0.15) is 50.4 Å². The van der Waals surface area contributed by atoms with Gasteiger partial charge in [-0.25, -0.2) is 9.18 Å². The molecule has 1 aromatic heterocycles. The van der Waals surface area contributed by atoms with Gasteiger partial charge in [0.15, 0.2) is 0 Å². The van der Waals surface area contributed by atoms with Crippen LogP contribution in [0.15, 0.2) is 24.3 Å². The summed E-state index contributed by atoms with van der Waals surface area (Å²) in [6.45, 7) is 3.26. The monoisotopic (exact) mass is 364 g/mol. The number of halogens is 1. The molecular formula is C17H17FN2O4S. The van der Waals surface area contributed by atoms with Crippen molar-refractivity contribution in [2.75, 3.05) is 5.32 Å². The molecule has 1 unspecified atom stereocenters. The number of thiophene rings is 1. The molecule has 132 valence electrons. The smallest absolute Gasteiger partial charge is 0.339 e. The molecule has 1 atom stereocenters. The molecule has 2 amide bonds. The lowest BCUT2D eigenvalue weighted by molar-refractivity contribution is -0.117. The van der Waals surface area contributed by atoms with Crippen LogP contribution in [0.4, 0.5) is 9.39 Å². The van der Waals surface area contributed by atoms with Gasteiger partial charge in [-0.2, -0.15) is 0 Å². The zero-order valence-corrected chi connectivity index (χ0v) is 14.4. The zero-order valence-electron chi connectivity index (χ0n) is 13.6. The normalized spacial score (nSPS) is 11.8. The van der Waals surface area contributed by atoms with Gasteiger partial charge in [0, 0.05) is 0 Å². The third-order valence-electron chi connectivity index (χ3n) is 3.82. The summed E-state index contributed by atoms with van der Waals surface area (Å²) in [5.41, 5.74) is 5.93. The topological polar surface area (TPSA) is 109 Å². The molecule has 0 radical (unpaired) electrons. The Labute approximate surface area is 147 Å². The van der Waals surface area contributed by atoms with Gasteiger partial charge in [-0.15, -0.1) is 11.3 Å². The predicted molar refractivity (Wildman–Crippen MR) is 92.6 cm³/mol. The molecule has 4 N–H and O–H groups in total. The first-order valence-electron chi connectivity index (χ1n) is 7.49. The Bertz CT molecular complexity index is 830. The van der Waals surface area contributed by atoms with Gasteiger partial charge in [0.2, 0.25) is 5.91 Å². The quantitative estimate of drug-likeness (QED) is 0.731. The minimum Gasteiger partial charge on any atom is -0.478 e. The average molecular weight is 364 g/mol. The molecular weight excluding hydrogens is 347 g/mol. The number of benzene rings is 1. The van der Waals surface area contributed by atoms with Crippen LogP contribution in [0, 0.1) is 12.7 Å². The summed E-state index contributed by atoms with van der Waals surface area (Å²) in [5, 5.41) is 12.0. The zero-order chi connectivity index (χ0) is 18.7. The van der Waals surface area contributed by atoms with Crippen molar-refractivity contribution in [3.63, 3.8) is 0 Å². The molecule has 6 nitrogen and oxygen atoms in total. The number of nitrogens with one attached hydrogen (secondary N) is 1. The van der Waals surface area contributed by atoms with Gasteiger partial charge in [0.25, 0.3) is 5.91 Å². The van der Waals surface area contributed by atoms with Crippen molar-refractivity contribution in [1.29, 1.82) is 0 Å². The first kappa shape index (κ1) is 18.6. The van der Waals surface area contributed by atoms with Gasteiger partial charge < -0.3 is 16.2 Å². The second-order valence-corrected chi connectivity index (χ2v) is 6.45.